The normalized spacial score (nSPS) is 15.9. The Morgan fingerprint density at radius 3 is 2.96 bits per heavy atom. The molecule has 4 rings (SSSR count). The Labute approximate surface area is 142 Å². The third-order valence-corrected chi connectivity index (χ3v) is 5.45. The zero-order chi connectivity index (χ0) is 16.5. The molecule has 1 saturated heterocycles. The zero-order valence-electron chi connectivity index (χ0n) is 13.3. The predicted molar refractivity (Wildman–Crippen MR) is 92.3 cm³/mol. The van der Waals surface area contributed by atoms with Crippen molar-refractivity contribution in [2.24, 2.45) is 7.05 Å². The van der Waals surface area contributed by atoms with E-state index >= 15 is 0 Å². The largest absolute Gasteiger partial charge is 0.317 e. The van der Waals surface area contributed by atoms with Crippen LogP contribution in [0.2, 0.25) is 0 Å². The first-order valence-electron chi connectivity index (χ1n) is 7.98. The SMILES string of the molecule is Cn1c(Sc2cc(=O)[nH]c3ncccc23)nnc1C1CCNCC1. The van der Waals surface area contributed by atoms with Gasteiger partial charge >= 0.3 is 0 Å². The van der Waals surface area contributed by atoms with Crippen molar-refractivity contribution in [1.29, 1.82) is 0 Å². The number of nitrogens with one attached hydrogen (secondary N) is 2. The van der Waals surface area contributed by atoms with Crippen molar-refractivity contribution in [2.75, 3.05) is 13.1 Å². The molecule has 0 radical (unpaired) electrons. The van der Waals surface area contributed by atoms with Gasteiger partial charge < -0.3 is 14.9 Å². The van der Waals surface area contributed by atoms with E-state index in [2.05, 4.69) is 25.5 Å². The zero-order valence-corrected chi connectivity index (χ0v) is 14.1. The fraction of sp³-hybridized carbons (Fsp3) is 0.375. The van der Waals surface area contributed by atoms with Crippen LogP contribution in [0.25, 0.3) is 11.0 Å². The standard InChI is InChI=1S/C16H18N6OS/c1-22-15(10-4-7-17-8-5-10)20-21-16(22)24-12-9-13(23)19-14-11(12)3-2-6-18-14/h2-3,6,9-10,17H,4-5,7-8H2,1H3,(H,18,19,23). The molecule has 24 heavy (non-hydrogen) atoms. The Morgan fingerprint density at radius 2 is 2.12 bits per heavy atom. The van der Waals surface area contributed by atoms with Gasteiger partial charge in [0.15, 0.2) is 5.16 Å². The van der Waals surface area contributed by atoms with Crippen LogP contribution in [0.3, 0.4) is 0 Å². The molecule has 0 bridgehead atoms. The lowest BCUT2D eigenvalue weighted by atomic mass is 9.97. The van der Waals surface area contributed by atoms with Crippen molar-refractivity contribution in [2.45, 2.75) is 28.8 Å². The fourth-order valence-electron chi connectivity index (χ4n) is 3.09. The van der Waals surface area contributed by atoms with Crippen molar-refractivity contribution < 1.29 is 0 Å². The summed E-state index contributed by atoms with van der Waals surface area (Å²) < 4.78 is 2.05. The topological polar surface area (TPSA) is 88.5 Å². The molecule has 124 valence electrons. The second-order valence-corrected chi connectivity index (χ2v) is 6.93. The molecule has 0 amide bonds. The van der Waals surface area contributed by atoms with E-state index in [0.29, 0.717) is 11.6 Å². The number of hydrogen-bond acceptors (Lipinski definition) is 6. The summed E-state index contributed by atoms with van der Waals surface area (Å²) >= 11 is 1.46. The highest BCUT2D eigenvalue weighted by molar-refractivity contribution is 7.99. The number of rotatable bonds is 3. The summed E-state index contributed by atoms with van der Waals surface area (Å²) in [5.74, 6) is 1.46. The van der Waals surface area contributed by atoms with Gasteiger partial charge in [0.25, 0.3) is 5.56 Å². The van der Waals surface area contributed by atoms with Gasteiger partial charge in [0.05, 0.1) is 0 Å². The van der Waals surface area contributed by atoms with E-state index in [1.54, 1.807) is 12.3 Å². The minimum Gasteiger partial charge on any atom is -0.317 e. The first-order valence-corrected chi connectivity index (χ1v) is 8.80. The van der Waals surface area contributed by atoms with Gasteiger partial charge in [-0.25, -0.2) is 4.98 Å². The van der Waals surface area contributed by atoms with Crippen LogP contribution in [-0.4, -0.2) is 37.8 Å². The summed E-state index contributed by atoms with van der Waals surface area (Å²) in [6, 6.07) is 5.40. The highest BCUT2D eigenvalue weighted by atomic mass is 32.2. The fourth-order valence-corrected chi connectivity index (χ4v) is 4.04. The van der Waals surface area contributed by atoms with Crippen LogP contribution in [-0.2, 0) is 7.05 Å². The van der Waals surface area contributed by atoms with Crippen molar-refractivity contribution in [3.63, 3.8) is 0 Å². The third-order valence-electron chi connectivity index (χ3n) is 4.35. The Balaban J connectivity index is 1.69. The van der Waals surface area contributed by atoms with Crippen molar-refractivity contribution in [3.8, 4) is 0 Å². The molecule has 0 aromatic carbocycles. The molecule has 0 spiro atoms. The molecule has 1 fully saturated rings. The van der Waals surface area contributed by atoms with Crippen LogP contribution in [0.5, 0.6) is 0 Å². The quantitative estimate of drug-likeness (QED) is 0.753. The molecular weight excluding hydrogens is 324 g/mol. The van der Waals surface area contributed by atoms with Gasteiger partial charge in [-0.05, 0) is 49.8 Å². The average Bonchev–Trinajstić information content (AvgIpc) is 2.96. The Kier molecular flexibility index (Phi) is 4.07. The van der Waals surface area contributed by atoms with Gasteiger partial charge in [-0.15, -0.1) is 10.2 Å². The molecule has 3 aromatic heterocycles. The average molecular weight is 342 g/mol. The predicted octanol–water partition coefficient (Wildman–Crippen LogP) is 1.67. The summed E-state index contributed by atoms with van der Waals surface area (Å²) in [6.07, 6.45) is 3.83. The molecule has 1 aliphatic rings. The molecule has 0 atom stereocenters. The van der Waals surface area contributed by atoms with E-state index in [0.717, 1.165) is 47.2 Å². The number of pyridine rings is 2. The van der Waals surface area contributed by atoms with Crippen LogP contribution in [0.4, 0.5) is 0 Å². The van der Waals surface area contributed by atoms with E-state index in [1.807, 2.05) is 23.7 Å². The van der Waals surface area contributed by atoms with Gasteiger partial charge in [-0.3, -0.25) is 4.79 Å². The molecular formula is C16H18N6OS. The first-order chi connectivity index (χ1) is 11.7. The summed E-state index contributed by atoms with van der Waals surface area (Å²) in [5.41, 5.74) is 0.428. The summed E-state index contributed by atoms with van der Waals surface area (Å²) in [7, 11) is 1.99. The maximum atomic E-state index is 11.9. The number of aromatic amines is 1. The van der Waals surface area contributed by atoms with Gasteiger partial charge in [-0.2, -0.15) is 0 Å². The number of nitrogens with zero attached hydrogens (tertiary/aromatic N) is 4. The molecule has 3 aromatic rings. The number of H-pyrrole nitrogens is 1. The van der Waals surface area contributed by atoms with Crippen molar-refractivity contribution in [1.82, 2.24) is 30.0 Å². The van der Waals surface area contributed by atoms with Crippen LogP contribution < -0.4 is 10.9 Å². The Morgan fingerprint density at radius 1 is 1.29 bits per heavy atom. The number of hydrogen-bond donors (Lipinski definition) is 2. The number of fused-ring (bicyclic) bond motifs is 1. The third kappa shape index (κ3) is 2.83. The first kappa shape index (κ1) is 15.3. The van der Waals surface area contributed by atoms with Crippen LogP contribution in [0.1, 0.15) is 24.6 Å². The lowest BCUT2D eigenvalue weighted by Crippen LogP contribution is -2.27. The summed E-state index contributed by atoms with van der Waals surface area (Å²) in [6.45, 7) is 2.04. The highest BCUT2D eigenvalue weighted by Gasteiger charge is 2.22. The molecule has 0 unspecified atom stereocenters. The van der Waals surface area contributed by atoms with Gasteiger partial charge in [0, 0.05) is 35.5 Å². The molecule has 2 N–H and O–H groups in total. The van der Waals surface area contributed by atoms with E-state index < -0.39 is 0 Å². The van der Waals surface area contributed by atoms with Gasteiger partial charge in [0.1, 0.15) is 11.5 Å². The Bertz CT molecular complexity index is 928. The molecule has 0 saturated carbocycles. The Hall–Kier alpha value is -2.19. The smallest absolute Gasteiger partial charge is 0.250 e. The number of piperidine rings is 1. The lowest BCUT2D eigenvalue weighted by molar-refractivity contribution is 0.434. The van der Waals surface area contributed by atoms with Crippen LogP contribution >= 0.6 is 11.8 Å². The second-order valence-electron chi connectivity index (χ2n) is 5.92. The van der Waals surface area contributed by atoms with Gasteiger partial charge in [0.2, 0.25) is 0 Å². The summed E-state index contributed by atoms with van der Waals surface area (Å²) in [5, 5.41) is 13.8. The molecule has 8 heteroatoms. The lowest BCUT2D eigenvalue weighted by Gasteiger charge is -2.21. The van der Waals surface area contributed by atoms with Crippen LogP contribution in [0.15, 0.2) is 39.2 Å². The number of aromatic nitrogens is 5. The van der Waals surface area contributed by atoms with E-state index in [-0.39, 0.29) is 5.56 Å². The molecule has 0 aliphatic carbocycles. The second kappa shape index (κ2) is 6.37. The maximum Gasteiger partial charge on any atom is 0.250 e. The van der Waals surface area contributed by atoms with Crippen molar-refractivity contribution in [3.05, 3.63) is 40.6 Å². The van der Waals surface area contributed by atoms with E-state index in [4.69, 9.17) is 0 Å². The monoisotopic (exact) mass is 342 g/mol. The van der Waals surface area contributed by atoms with E-state index in [9.17, 15) is 4.79 Å². The molecule has 1 aliphatic heterocycles. The van der Waals surface area contributed by atoms with Gasteiger partial charge in [-0.1, -0.05) is 0 Å². The van der Waals surface area contributed by atoms with Crippen LogP contribution in [0, 0.1) is 0 Å². The van der Waals surface area contributed by atoms with Crippen molar-refractivity contribution >= 4 is 22.8 Å². The summed E-state index contributed by atoms with van der Waals surface area (Å²) in [4.78, 5) is 19.7. The van der Waals surface area contributed by atoms with E-state index in [1.165, 1.54) is 11.8 Å². The maximum absolute atomic E-state index is 11.9. The minimum atomic E-state index is -0.163. The highest BCUT2D eigenvalue weighted by Crippen LogP contribution is 2.32. The minimum absolute atomic E-state index is 0.163. The molecule has 4 heterocycles. The molecule has 7 nitrogen and oxygen atoms in total.